The van der Waals surface area contributed by atoms with Crippen molar-refractivity contribution in [2.75, 3.05) is 26.4 Å². The van der Waals surface area contributed by atoms with Crippen molar-refractivity contribution in [2.45, 2.75) is 154 Å². The second-order valence-electron chi connectivity index (χ2n) is 21.2. The number of aryl methyl sites for hydroxylation is 1. The quantitative estimate of drug-likeness (QED) is 0.0183. The van der Waals surface area contributed by atoms with Crippen LogP contribution >= 0.6 is 0 Å². The molecule has 78 heavy (non-hydrogen) atoms. The molecule has 7 rings (SSSR count). The number of benzene rings is 5. The van der Waals surface area contributed by atoms with Gasteiger partial charge in [0, 0.05) is 25.0 Å². The molecule has 10 nitrogen and oxygen atoms in total. The summed E-state index contributed by atoms with van der Waals surface area (Å²) < 4.78 is 33.8. The second kappa shape index (κ2) is 32.1. The maximum atomic E-state index is 13.3. The van der Waals surface area contributed by atoms with Crippen LogP contribution < -0.4 is 18.9 Å². The Hall–Kier alpha value is -6.94. The van der Waals surface area contributed by atoms with Crippen LogP contribution in [0.5, 0.6) is 23.0 Å². The normalized spacial score (nSPS) is 17.0. The van der Waals surface area contributed by atoms with Crippen LogP contribution in [0, 0.1) is 11.8 Å². The van der Waals surface area contributed by atoms with Crippen LogP contribution in [0.3, 0.4) is 0 Å². The molecule has 0 heterocycles. The Bertz CT molecular complexity index is 2640. The molecule has 0 atom stereocenters. The van der Waals surface area contributed by atoms with Crippen LogP contribution in [0.2, 0.25) is 0 Å². The van der Waals surface area contributed by atoms with Crippen molar-refractivity contribution in [2.24, 2.45) is 11.8 Å². The van der Waals surface area contributed by atoms with E-state index in [2.05, 4.69) is 92.9 Å². The van der Waals surface area contributed by atoms with E-state index in [9.17, 15) is 19.2 Å². The summed E-state index contributed by atoms with van der Waals surface area (Å²) in [5.41, 5.74) is 8.43. The zero-order valence-electron chi connectivity index (χ0n) is 46.1. The molecule has 414 valence electrons. The largest absolute Gasteiger partial charge is 0.494 e. The van der Waals surface area contributed by atoms with Gasteiger partial charge in [0.15, 0.2) is 11.5 Å². The van der Waals surface area contributed by atoms with Crippen LogP contribution in [-0.4, -0.2) is 50.3 Å². The van der Waals surface area contributed by atoms with Crippen LogP contribution in [0.15, 0.2) is 141 Å². The van der Waals surface area contributed by atoms with Crippen LogP contribution in [-0.2, 0) is 35.1 Å². The Morgan fingerprint density at radius 2 is 0.821 bits per heavy atom. The van der Waals surface area contributed by atoms with Gasteiger partial charge in [0.1, 0.15) is 11.5 Å². The predicted octanol–water partition coefficient (Wildman–Crippen LogP) is 16.2. The third-order valence-corrected chi connectivity index (χ3v) is 15.6. The number of hydrogen-bond donors (Lipinski definition) is 0. The fraction of sp³-hybridized carbons (Fsp3) is 0.441. The van der Waals surface area contributed by atoms with Gasteiger partial charge in [0.2, 0.25) is 0 Å². The minimum atomic E-state index is -0.369. The highest BCUT2D eigenvalue weighted by Gasteiger charge is 2.26. The minimum Gasteiger partial charge on any atom is -0.494 e. The molecule has 5 aromatic rings. The van der Waals surface area contributed by atoms with Gasteiger partial charge in [-0.05, 0) is 221 Å². The SMILES string of the molecule is C=CC(=O)OCCCCCCOc1ccc(-c2ccc([C@H]3CC[C@H](CCC(=O)Oc4ccc(CC)cc4OC(=O)CC[C@H]4CC[C@H](c5ccc(-c6ccc(OCCCCCCOC(=O)C=C)cc6)cc5)CC4)CC3)cc2)cc1. The van der Waals surface area contributed by atoms with E-state index in [1.165, 1.54) is 34.4 Å². The highest BCUT2D eigenvalue weighted by molar-refractivity contribution is 5.81. The molecule has 0 aromatic heterocycles. The summed E-state index contributed by atoms with van der Waals surface area (Å²) in [4.78, 5) is 48.8. The molecule has 5 aromatic carbocycles. The first kappa shape index (κ1) is 58.7. The molecule has 0 aliphatic heterocycles. The Kier molecular flexibility index (Phi) is 24.2. The summed E-state index contributed by atoms with van der Waals surface area (Å²) in [7, 11) is 0. The smallest absolute Gasteiger partial charge is 0.330 e. The third kappa shape index (κ3) is 19.5. The molecular weight excluding hydrogens is 977 g/mol. The van der Waals surface area contributed by atoms with Gasteiger partial charge in [-0.2, -0.15) is 0 Å². The van der Waals surface area contributed by atoms with Gasteiger partial charge in [0.05, 0.1) is 26.4 Å². The van der Waals surface area contributed by atoms with Gasteiger partial charge in [0.25, 0.3) is 0 Å². The molecule has 2 aliphatic carbocycles. The summed E-state index contributed by atoms with van der Waals surface area (Å²) in [6.45, 7) is 11.1. The van der Waals surface area contributed by atoms with Crippen LogP contribution in [0.4, 0.5) is 0 Å². The first-order valence-corrected chi connectivity index (χ1v) is 28.9. The van der Waals surface area contributed by atoms with Gasteiger partial charge in [-0.25, -0.2) is 9.59 Å². The molecule has 0 amide bonds. The number of carbonyl (C=O) groups is 4. The zero-order valence-corrected chi connectivity index (χ0v) is 46.1. The monoisotopic (exact) mass is 1060 g/mol. The minimum absolute atomic E-state index is 0.288. The molecule has 2 aliphatic rings. The molecule has 0 unspecified atom stereocenters. The third-order valence-electron chi connectivity index (χ3n) is 15.6. The van der Waals surface area contributed by atoms with Gasteiger partial charge >= 0.3 is 23.9 Å². The lowest BCUT2D eigenvalue weighted by Gasteiger charge is -2.29. The van der Waals surface area contributed by atoms with Crippen molar-refractivity contribution in [1.82, 2.24) is 0 Å². The number of esters is 4. The summed E-state index contributed by atoms with van der Waals surface area (Å²) in [5, 5.41) is 0. The first-order chi connectivity index (χ1) is 38.2. The van der Waals surface area contributed by atoms with Crippen molar-refractivity contribution in [1.29, 1.82) is 0 Å². The summed E-state index contributed by atoms with van der Waals surface area (Å²) in [5.74, 6) is 3.01. The van der Waals surface area contributed by atoms with Crippen molar-refractivity contribution < 1.29 is 47.6 Å². The van der Waals surface area contributed by atoms with E-state index < -0.39 is 0 Å². The lowest BCUT2D eigenvalue weighted by molar-refractivity contribution is -0.138. The first-order valence-electron chi connectivity index (χ1n) is 28.9. The lowest BCUT2D eigenvalue weighted by Crippen LogP contribution is -2.17. The highest BCUT2D eigenvalue weighted by Crippen LogP contribution is 2.40. The maximum absolute atomic E-state index is 13.3. The van der Waals surface area contributed by atoms with Crippen molar-refractivity contribution >= 4 is 23.9 Å². The Balaban J connectivity index is 0.759. The fourth-order valence-corrected chi connectivity index (χ4v) is 10.8. The summed E-state index contributed by atoms with van der Waals surface area (Å²) >= 11 is 0. The van der Waals surface area contributed by atoms with Crippen molar-refractivity contribution in [3.8, 4) is 45.3 Å². The Labute approximate surface area is 463 Å². The Morgan fingerprint density at radius 3 is 1.21 bits per heavy atom. The molecular formula is C68H82O10. The topological polar surface area (TPSA) is 124 Å². The molecule has 2 saturated carbocycles. The van der Waals surface area contributed by atoms with E-state index in [-0.39, 0.29) is 23.9 Å². The highest BCUT2D eigenvalue weighted by atomic mass is 16.6. The van der Waals surface area contributed by atoms with E-state index in [0.717, 1.165) is 150 Å². The molecule has 0 N–H and O–H groups in total. The number of rotatable bonds is 31. The number of ether oxygens (including phenoxy) is 6. The van der Waals surface area contributed by atoms with Crippen molar-refractivity contribution in [3.63, 3.8) is 0 Å². The van der Waals surface area contributed by atoms with E-state index in [0.29, 0.717) is 74.4 Å². The molecule has 2 fully saturated rings. The van der Waals surface area contributed by atoms with Crippen molar-refractivity contribution in [3.05, 3.63) is 157 Å². The lowest BCUT2D eigenvalue weighted by atomic mass is 9.77. The molecule has 0 spiro atoms. The van der Waals surface area contributed by atoms with Gasteiger partial charge in [-0.15, -0.1) is 0 Å². The van der Waals surface area contributed by atoms with Gasteiger partial charge < -0.3 is 28.4 Å². The second-order valence-corrected chi connectivity index (χ2v) is 21.2. The molecule has 0 saturated heterocycles. The standard InChI is InChI=1S/C68H82O10/c1-4-50-19-42-63(77-67(71)43-20-51-15-22-53(23-16-51)55-26-30-57(31-27-55)59-34-38-61(39-35-59)73-45-11-7-9-13-47-75-65(69)5-2)64(49-50)78-68(72)44-21-52-17-24-54(25-18-52)56-28-32-58(33-29-56)60-36-40-62(41-37-60)74-46-12-8-10-14-48-76-66(70)6-3/h5-6,19,26-42,49,51-54H,2-4,7-18,20-25,43-48H2,1H3/t51-,52-,53-,54-. The predicted molar refractivity (Wildman–Crippen MR) is 309 cm³/mol. The number of hydrogen-bond acceptors (Lipinski definition) is 10. The molecule has 0 radical (unpaired) electrons. The van der Waals surface area contributed by atoms with E-state index in [4.69, 9.17) is 28.4 Å². The zero-order chi connectivity index (χ0) is 54.7. The van der Waals surface area contributed by atoms with Crippen LogP contribution in [0.1, 0.15) is 164 Å². The van der Waals surface area contributed by atoms with E-state index in [1.54, 1.807) is 6.07 Å². The average Bonchev–Trinajstić information content (AvgIpc) is 3.51. The molecule has 0 bridgehead atoms. The molecule has 10 heteroatoms. The van der Waals surface area contributed by atoms with Gasteiger partial charge in [-0.3, -0.25) is 9.59 Å². The van der Waals surface area contributed by atoms with Gasteiger partial charge in [-0.1, -0.05) is 98.9 Å². The fourth-order valence-electron chi connectivity index (χ4n) is 10.8. The van der Waals surface area contributed by atoms with E-state index in [1.807, 2.05) is 36.4 Å². The maximum Gasteiger partial charge on any atom is 0.330 e. The van der Waals surface area contributed by atoms with E-state index >= 15 is 0 Å². The number of carbonyl (C=O) groups excluding carboxylic acids is 4. The summed E-state index contributed by atoms with van der Waals surface area (Å²) in [6, 6.07) is 40.0. The Morgan fingerprint density at radius 1 is 0.449 bits per heavy atom. The summed E-state index contributed by atoms with van der Waals surface area (Å²) in [6.07, 6.45) is 21.7. The number of unbranched alkanes of at least 4 members (excludes halogenated alkanes) is 6. The van der Waals surface area contributed by atoms with Crippen LogP contribution in [0.25, 0.3) is 22.3 Å². The average molecular weight is 1060 g/mol.